The highest BCUT2D eigenvalue weighted by molar-refractivity contribution is 7.98. The van der Waals surface area contributed by atoms with Gasteiger partial charge in [-0.3, -0.25) is 4.98 Å². The van der Waals surface area contributed by atoms with Crippen molar-refractivity contribution in [3.63, 3.8) is 0 Å². The highest BCUT2D eigenvalue weighted by Crippen LogP contribution is 2.19. The van der Waals surface area contributed by atoms with Crippen LogP contribution < -0.4 is 10.1 Å². The van der Waals surface area contributed by atoms with Crippen molar-refractivity contribution in [2.45, 2.75) is 6.04 Å². The van der Waals surface area contributed by atoms with Gasteiger partial charge in [0.2, 0.25) is 0 Å². The Morgan fingerprint density at radius 2 is 2.36 bits per heavy atom. The number of ether oxygens (including phenoxy) is 1. The highest BCUT2D eigenvalue weighted by atomic mass is 32.2. The summed E-state index contributed by atoms with van der Waals surface area (Å²) in [5.74, 6) is 1.84. The first-order chi connectivity index (χ1) is 6.81. The number of pyridine rings is 1. The summed E-state index contributed by atoms with van der Waals surface area (Å²) in [7, 11) is 3.62. The smallest absolute Gasteiger partial charge is 0.137 e. The average molecular weight is 212 g/mol. The molecule has 1 N–H and O–H groups in total. The van der Waals surface area contributed by atoms with Crippen molar-refractivity contribution < 1.29 is 4.74 Å². The highest BCUT2D eigenvalue weighted by Gasteiger charge is 2.09. The van der Waals surface area contributed by atoms with E-state index in [2.05, 4.69) is 16.6 Å². The molecule has 0 saturated heterocycles. The summed E-state index contributed by atoms with van der Waals surface area (Å²) < 4.78 is 5.13. The Bertz CT molecular complexity index is 281. The van der Waals surface area contributed by atoms with E-state index in [1.54, 1.807) is 13.3 Å². The molecule has 78 valence electrons. The Morgan fingerprint density at radius 1 is 1.57 bits per heavy atom. The van der Waals surface area contributed by atoms with Crippen LogP contribution in [0.1, 0.15) is 11.6 Å². The van der Waals surface area contributed by atoms with E-state index in [1.165, 1.54) is 5.56 Å². The van der Waals surface area contributed by atoms with Gasteiger partial charge < -0.3 is 10.1 Å². The van der Waals surface area contributed by atoms with Gasteiger partial charge in [-0.05, 0) is 24.9 Å². The van der Waals surface area contributed by atoms with E-state index in [0.717, 1.165) is 11.5 Å². The second kappa shape index (κ2) is 5.88. The molecule has 1 aromatic heterocycles. The van der Waals surface area contributed by atoms with Crippen molar-refractivity contribution in [1.29, 1.82) is 0 Å². The van der Waals surface area contributed by atoms with Gasteiger partial charge in [0.05, 0.1) is 13.3 Å². The molecular formula is C10H16N2OS. The third-order valence-corrected chi connectivity index (χ3v) is 2.72. The Labute approximate surface area is 89.3 Å². The number of methoxy groups -OCH3 is 1. The van der Waals surface area contributed by atoms with Crippen LogP contribution in [0.25, 0.3) is 0 Å². The Hall–Kier alpha value is -0.740. The van der Waals surface area contributed by atoms with Crippen molar-refractivity contribution in [2.24, 2.45) is 0 Å². The van der Waals surface area contributed by atoms with Gasteiger partial charge in [0.1, 0.15) is 5.75 Å². The molecule has 1 atom stereocenters. The fourth-order valence-corrected chi connectivity index (χ4v) is 1.94. The van der Waals surface area contributed by atoms with E-state index in [1.807, 2.05) is 31.1 Å². The number of nitrogens with one attached hydrogen (secondary N) is 1. The van der Waals surface area contributed by atoms with Gasteiger partial charge in [-0.25, -0.2) is 0 Å². The molecule has 0 fully saturated rings. The lowest BCUT2D eigenvalue weighted by atomic mass is 10.1. The van der Waals surface area contributed by atoms with E-state index in [0.29, 0.717) is 6.04 Å². The van der Waals surface area contributed by atoms with E-state index in [-0.39, 0.29) is 0 Å². The van der Waals surface area contributed by atoms with Crippen LogP contribution in [0.2, 0.25) is 0 Å². The van der Waals surface area contributed by atoms with Gasteiger partial charge in [-0.1, -0.05) is 0 Å². The molecule has 0 bridgehead atoms. The van der Waals surface area contributed by atoms with Gasteiger partial charge in [-0.15, -0.1) is 0 Å². The SMILES string of the molecule is CNC(CSC)c1cncc(OC)c1. The summed E-state index contributed by atoms with van der Waals surface area (Å²) in [6, 6.07) is 2.36. The molecule has 1 aromatic rings. The Balaban J connectivity index is 2.80. The van der Waals surface area contributed by atoms with Gasteiger partial charge in [0.25, 0.3) is 0 Å². The first-order valence-electron chi connectivity index (χ1n) is 4.47. The molecule has 3 nitrogen and oxygen atoms in total. The van der Waals surface area contributed by atoms with Crippen LogP contribution in [0.3, 0.4) is 0 Å². The maximum absolute atomic E-state index is 5.13. The lowest BCUT2D eigenvalue weighted by molar-refractivity contribution is 0.411. The number of rotatable bonds is 5. The van der Waals surface area contributed by atoms with Crippen molar-refractivity contribution >= 4 is 11.8 Å². The van der Waals surface area contributed by atoms with Crippen LogP contribution in [0.5, 0.6) is 5.75 Å². The number of thioether (sulfide) groups is 1. The van der Waals surface area contributed by atoms with E-state index < -0.39 is 0 Å². The fraction of sp³-hybridized carbons (Fsp3) is 0.500. The second-order valence-corrected chi connectivity index (χ2v) is 3.87. The third kappa shape index (κ3) is 2.89. The molecule has 1 heterocycles. The van der Waals surface area contributed by atoms with Crippen molar-refractivity contribution in [3.05, 3.63) is 24.0 Å². The summed E-state index contributed by atoms with van der Waals surface area (Å²) in [6.07, 6.45) is 5.69. The molecule has 1 unspecified atom stereocenters. The summed E-state index contributed by atoms with van der Waals surface area (Å²) in [4.78, 5) is 4.13. The van der Waals surface area contributed by atoms with E-state index in [9.17, 15) is 0 Å². The zero-order valence-corrected chi connectivity index (χ0v) is 9.60. The first kappa shape index (κ1) is 11.3. The van der Waals surface area contributed by atoms with E-state index >= 15 is 0 Å². The monoisotopic (exact) mass is 212 g/mol. The lowest BCUT2D eigenvalue weighted by Gasteiger charge is -2.15. The standard InChI is InChI=1S/C10H16N2OS/c1-11-10(7-14-3)8-4-9(13-2)6-12-5-8/h4-6,10-11H,7H2,1-3H3. The maximum atomic E-state index is 5.13. The minimum absolute atomic E-state index is 0.340. The van der Waals surface area contributed by atoms with Gasteiger partial charge in [-0.2, -0.15) is 11.8 Å². The molecule has 0 aliphatic rings. The molecule has 0 aliphatic carbocycles. The number of aromatic nitrogens is 1. The molecule has 0 amide bonds. The van der Waals surface area contributed by atoms with Crippen molar-refractivity contribution in [1.82, 2.24) is 10.3 Å². The van der Waals surface area contributed by atoms with Crippen LogP contribution in [-0.2, 0) is 0 Å². The fourth-order valence-electron chi connectivity index (χ4n) is 1.25. The molecular weight excluding hydrogens is 196 g/mol. The summed E-state index contributed by atoms with van der Waals surface area (Å²) in [5, 5.41) is 3.25. The predicted octanol–water partition coefficient (Wildman–Crippen LogP) is 1.71. The number of nitrogens with zero attached hydrogens (tertiary/aromatic N) is 1. The minimum Gasteiger partial charge on any atom is -0.495 e. The number of hydrogen-bond donors (Lipinski definition) is 1. The molecule has 0 saturated carbocycles. The normalized spacial score (nSPS) is 12.5. The van der Waals surface area contributed by atoms with Crippen LogP contribution >= 0.6 is 11.8 Å². The van der Waals surface area contributed by atoms with E-state index in [4.69, 9.17) is 4.74 Å². The molecule has 4 heteroatoms. The van der Waals surface area contributed by atoms with Crippen LogP contribution in [0.15, 0.2) is 18.5 Å². The lowest BCUT2D eigenvalue weighted by Crippen LogP contribution is -2.18. The van der Waals surface area contributed by atoms with Gasteiger partial charge in [0.15, 0.2) is 0 Å². The Kier molecular flexibility index (Phi) is 4.76. The molecule has 0 radical (unpaired) electrons. The second-order valence-electron chi connectivity index (χ2n) is 2.95. The zero-order valence-electron chi connectivity index (χ0n) is 8.78. The summed E-state index contributed by atoms with van der Waals surface area (Å²) in [6.45, 7) is 0. The van der Waals surface area contributed by atoms with Gasteiger partial charge >= 0.3 is 0 Å². The first-order valence-corrected chi connectivity index (χ1v) is 5.86. The third-order valence-electron chi connectivity index (χ3n) is 2.05. The quantitative estimate of drug-likeness (QED) is 0.806. The van der Waals surface area contributed by atoms with Crippen LogP contribution in [0, 0.1) is 0 Å². The van der Waals surface area contributed by atoms with Gasteiger partial charge in [0, 0.05) is 18.0 Å². The minimum atomic E-state index is 0.340. The van der Waals surface area contributed by atoms with Crippen LogP contribution in [-0.4, -0.2) is 31.2 Å². The predicted molar refractivity (Wildman–Crippen MR) is 61.0 cm³/mol. The topological polar surface area (TPSA) is 34.2 Å². The summed E-state index contributed by atoms with van der Waals surface area (Å²) >= 11 is 1.81. The summed E-state index contributed by atoms with van der Waals surface area (Å²) in [5.41, 5.74) is 1.17. The molecule has 0 spiro atoms. The largest absolute Gasteiger partial charge is 0.495 e. The molecule has 1 rings (SSSR count). The Morgan fingerprint density at radius 3 is 2.93 bits per heavy atom. The molecule has 14 heavy (non-hydrogen) atoms. The molecule has 0 aliphatic heterocycles. The van der Waals surface area contributed by atoms with Crippen LogP contribution in [0.4, 0.5) is 0 Å². The average Bonchev–Trinajstić information content (AvgIpc) is 2.26. The maximum Gasteiger partial charge on any atom is 0.137 e. The van der Waals surface area contributed by atoms with Crippen molar-refractivity contribution in [2.75, 3.05) is 26.2 Å². The number of hydrogen-bond acceptors (Lipinski definition) is 4. The molecule has 0 aromatic carbocycles. The van der Waals surface area contributed by atoms with Crippen molar-refractivity contribution in [3.8, 4) is 5.75 Å². The zero-order chi connectivity index (χ0) is 10.4.